The molecular weight excluding hydrogens is 294 g/mol. The number of amides is 1. The molecule has 2 rings (SSSR count). The maximum atomic E-state index is 12.4. The molecule has 134 valence electrons. The van der Waals surface area contributed by atoms with Crippen molar-refractivity contribution in [3.8, 4) is 0 Å². The number of carbonyl (C=O) groups excluding carboxylic acids is 1. The van der Waals surface area contributed by atoms with Crippen LogP contribution in [0.5, 0.6) is 0 Å². The molecule has 0 atom stereocenters. The molecule has 2 aliphatic rings. The van der Waals surface area contributed by atoms with Crippen molar-refractivity contribution in [3.63, 3.8) is 0 Å². The predicted molar refractivity (Wildman–Crippen MR) is 90.6 cm³/mol. The maximum Gasteiger partial charge on any atom is 0.239 e. The molecule has 0 aliphatic carbocycles. The van der Waals surface area contributed by atoms with Gasteiger partial charge in [0.25, 0.3) is 0 Å². The topological polar surface area (TPSA) is 54.0 Å². The number of piperidine rings is 1. The van der Waals surface area contributed by atoms with E-state index >= 15 is 0 Å². The molecule has 23 heavy (non-hydrogen) atoms. The molecule has 0 aromatic rings. The van der Waals surface area contributed by atoms with Crippen LogP contribution in [0.2, 0.25) is 0 Å². The van der Waals surface area contributed by atoms with Crippen molar-refractivity contribution in [3.05, 3.63) is 0 Å². The van der Waals surface area contributed by atoms with Crippen molar-refractivity contribution in [2.75, 3.05) is 59.6 Å². The zero-order valence-corrected chi connectivity index (χ0v) is 15.0. The molecular formula is C17H33N3O3. The van der Waals surface area contributed by atoms with Gasteiger partial charge in [-0.05, 0) is 40.2 Å². The molecule has 1 N–H and O–H groups in total. The Hall–Kier alpha value is -0.690. The minimum atomic E-state index is -0.474. The first-order valence-corrected chi connectivity index (χ1v) is 8.91. The molecule has 2 aliphatic heterocycles. The van der Waals surface area contributed by atoms with E-state index in [1.54, 1.807) is 0 Å². The van der Waals surface area contributed by atoms with Gasteiger partial charge in [0.15, 0.2) is 0 Å². The first-order valence-electron chi connectivity index (χ1n) is 8.91. The summed E-state index contributed by atoms with van der Waals surface area (Å²) in [6.45, 7) is 10.7. The van der Waals surface area contributed by atoms with Gasteiger partial charge in [-0.15, -0.1) is 0 Å². The molecule has 1 amide bonds. The van der Waals surface area contributed by atoms with Crippen LogP contribution >= 0.6 is 0 Å². The monoisotopic (exact) mass is 327 g/mol. The first-order chi connectivity index (χ1) is 11.0. The number of morpholine rings is 1. The zero-order chi connectivity index (χ0) is 16.7. The number of nitrogens with one attached hydrogen (secondary N) is 1. The van der Waals surface area contributed by atoms with E-state index in [2.05, 4.69) is 22.2 Å². The van der Waals surface area contributed by atoms with Gasteiger partial charge in [0.05, 0.1) is 24.9 Å². The summed E-state index contributed by atoms with van der Waals surface area (Å²) in [6.07, 6.45) is 3.50. The minimum absolute atomic E-state index is 0.0960. The highest BCUT2D eigenvalue weighted by atomic mass is 16.5. The molecule has 6 heteroatoms. The molecule has 0 spiro atoms. The van der Waals surface area contributed by atoms with Gasteiger partial charge in [-0.25, -0.2) is 0 Å². The van der Waals surface area contributed by atoms with Crippen LogP contribution < -0.4 is 5.32 Å². The lowest BCUT2D eigenvalue weighted by atomic mass is 10.0. The fraction of sp³-hybridized carbons (Fsp3) is 0.941. The van der Waals surface area contributed by atoms with Crippen molar-refractivity contribution < 1.29 is 14.3 Å². The highest BCUT2D eigenvalue weighted by Gasteiger charge is 2.35. The van der Waals surface area contributed by atoms with E-state index in [-0.39, 0.29) is 5.91 Å². The zero-order valence-electron chi connectivity index (χ0n) is 15.0. The lowest BCUT2D eigenvalue weighted by Crippen LogP contribution is -2.58. The summed E-state index contributed by atoms with van der Waals surface area (Å²) in [5, 5.41) is 3.06. The summed E-state index contributed by atoms with van der Waals surface area (Å²) in [7, 11) is 2.15. The average molecular weight is 327 g/mol. The molecule has 0 saturated carbocycles. The SMILES string of the molecule is CN1CCC(OCCCNC(=O)C(C)(C)N2CCOCC2)CC1. The lowest BCUT2D eigenvalue weighted by molar-refractivity contribution is -0.134. The molecule has 2 fully saturated rings. The third-order valence-corrected chi connectivity index (χ3v) is 4.98. The van der Waals surface area contributed by atoms with E-state index in [0.717, 1.165) is 52.0 Å². The molecule has 0 bridgehead atoms. The number of hydrogen-bond acceptors (Lipinski definition) is 5. The third-order valence-electron chi connectivity index (χ3n) is 4.98. The number of nitrogens with zero attached hydrogens (tertiary/aromatic N) is 2. The Kier molecular flexibility index (Phi) is 7.27. The third kappa shape index (κ3) is 5.71. The molecule has 0 aromatic carbocycles. The Morgan fingerprint density at radius 3 is 2.52 bits per heavy atom. The van der Waals surface area contributed by atoms with Gasteiger partial charge in [-0.3, -0.25) is 9.69 Å². The van der Waals surface area contributed by atoms with Gasteiger partial charge >= 0.3 is 0 Å². The second kappa shape index (κ2) is 8.97. The number of ether oxygens (including phenoxy) is 2. The van der Waals surface area contributed by atoms with Crippen LogP contribution in [-0.2, 0) is 14.3 Å². The largest absolute Gasteiger partial charge is 0.379 e. The molecule has 0 aromatic heterocycles. The van der Waals surface area contributed by atoms with Gasteiger partial charge in [-0.2, -0.15) is 0 Å². The number of hydrogen-bond donors (Lipinski definition) is 1. The van der Waals surface area contributed by atoms with E-state index in [1.807, 2.05) is 13.8 Å². The van der Waals surface area contributed by atoms with E-state index in [1.165, 1.54) is 0 Å². The summed E-state index contributed by atoms with van der Waals surface area (Å²) in [4.78, 5) is 17.0. The number of likely N-dealkylation sites (tertiary alicyclic amines) is 1. The molecule has 6 nitrogen and oxygen atoms in total. The van der Waals surface area contributed by atoms with Crippen molar-refractivity contribution >= 4 is 5.91 Å². The Morgan fingerprint density at radius 1 is 1.22 bits per heavy atom. The summed E-state index contributed by atoms with van der Waals surface area (Å²) in [5.41, 5.74) is -0.474. The summed E-state index contributed by atoms with van der Waals surface area (Å²) < 4.78 is 11.3. The van der Waals surface area contributed by atoms with Crippen LogP contribution in [0, 0.1) is 0 Å². The summed E-state index contributed by atoms with van der Waals surface area (Å²) >= 11 is 0. The van der Waals surface area contributed by atoms with E-state index in [4.69, 9.17) is 9.47 Å². The fourth-order valence-corrected chi connectivity index (χ4v) is 3.16. The van der Waals surface area contributed by atoms with E-state index < -0.39 is 5.54 Å². The van der Waals surface area contributed by atoms with Crippen molar-refractivity contribution in [1.29, 1.82) is 0 Å². The van der Waals surface area contributed by atoms with Crippen molar-refractivity contribution in [2.45, 2.75) is 44.8 Å². The van der Waals surface area contributed by atoms with Crippen LogP contribution in [-0.4, -0.2) is 86.9 Å². The molecule has 2 saturated heterocycles. The van der Waals surface area contributed by atoms with Crippen LogP contribution in [0.1, 0.15) is 33.1 Å². The van der Waals surface area contributed by atoms with Crippen molar-refractivity contribution in [2.24, 2.45) is 0 Å². The van der Waals surface area contributed by atoms with Crippen molar-refractivity contribution in [1.82, 2.24) is 15.1 Å². The lowest BCUT2D eigenvalue weighted by Gasteiger charge is -2.39. The Balaban J connectivity index is 1.58. The first kappa shape index (κ1) is 18.6. The Morgan fingerprint density at radius 2 is 1.87 bits per heavy atom. The number of rotatable bonds is 7. The van der Waals surface area contributed by atoms with Crippen LogP contribution in [0.3, 0.4) is 0 Å². The minimum Gasteiger partial charge on any atom is -0.379 e. The number of carbonyl (C=O) groups is 1. The van der Waals surface area contributed by atoms with Crippen LogP contribution in [0.25, 0.3) is 0 Å². The standard InChI is InChI=1S/C17H33N3O3/c1-17(2,20-10-13-22-14-11-20)16(21)18-7-4-12-23-15-5-8-19(3)9-6-15/h15H,4-14H2,1-3H3,(H,18,21). The highest BCUT2D eigenvalue weighted by molar-refractivity contribution is 5.85. The van der Waals surface area contributed by atoms with E-state index in [9.17, 15) is 4.79 Å². The average Bonchev–Trinajstić information content (AvgIpc) is 2.57. The van der Waals surface area contributed by atoms with Crippen LogP contribution in [0.4, 0.5) is 0 Å². The van der Waals surface area contributed by atoms with E-state index in [0.29, 0.717) is 25.9 Å². The smallest absolute Gasteiger partial charge is 0.239 e. The molecule has 2 heterocycles. The summed E-state index contributed by atoms with van der Waals surface area (Å²) in [5.74, 6) is 0.0960. The second-order valence-electron chi connectivity index (χ2n) is 7.14. The fourth-order valence-electron chi connectivity index (χ4n) is 3.16. The van der Waals surface area contributed by atoms with Gasteiger partial charge in [0.2, 0.25) is 5.91 Å². The maximum absolute atomic E-state index is 12.4. The predicted octanol–water partition coefficient (Wildman–Crippen LogP) is 0.714. The van der Waals surface area contributed by atoms with Gasteiger partial charge in [0.1, 0.15) is 0 Å². The Bertz CT molecular complexity index is 362. The molecule has 0 unspecified atom stereocenters. The van der Waals surface area contributed by atoms with Gasteiger partial charge < -0.3 is 19.7 Å². The quantitative estimate of drug-likeness (QED) is 0.698. The molecule has 0 radical (unpaired) electrons. The van der Waals surface area contributed by atoms with Gasteiger partial charge in [0, 0.05) is 39.3 Å². The normalized spacial score (nSPS) is 22.2. The highest BCUT2D eigenvalue weighted by Crippen LogP contribution is 2.16. The van der Waals surface area contributed by atoms with Gasteiger partial charge in [-0.1, -0.05) is 0 Å². The van der Waals surface area contributed by atoms with Crippen LogP contribution in [0.15, 0.2) is 0 Å². The summed E-state index contributed by atoms with van der Waals surface area (Å²) in [6, 6.07) is 0. The Labute approximate surface area is 140 Å². The second-order valence-corrected chi connectivity index (χ2v) is 7.14.